The van der Waals surface area contributed by atoms with Crippen LogP contribution in [0.3, 0.4) is 0 Å². The first-order chi connectivity index (χ1) is 13.0. The minimum atomic E-state index is -3.68. The Kier molecular flexibility index (Phi) is 6.47. The molecule has 2 aromatic carbocycles. The standard InChI is InChI=1S/C20H25N3O3S/c24-20(21-13-16-23-14-5-2-6-15-23)17-9-11-19(12-10-17)27(25,26)22-18-7-3-1-4-8-18/h1,3-4,7-12,22H,2,5-6,13-16H2,(H,21,24). The van der Waals surface area contributed by atoms with Crippen molar-refractivity contribution in [3.8, 4) is 0 Å². The number of carbonyl (C=O) groups is 1. The quantitative estimate of drug-likeness (QED) is 0.766. The highest BCUT2D eigenvalue weighted by Gasteiger charge is 2.15. The lowest BCUT2D eigenvalue weighted by atomic mass is 10.1. The number of nitrogens with zero attached hydrogens (tertiary/aromatic N) is 1. The lowest BCUT2D eigenvalue weighted by Crippen LogP contribution is -2.37. The van der Waals surface area contributed by atoms with Crippen LogP contribution in [0.1, 0.15) is 29.6 Å². The van der Waals surface area contributed by atoms with Gasteiger partial charge in [0.15, 0.2) is 0 Å². The zero-order valence-electron chi connectivity index (χ0n) is 15.2. The molecule has 0 saturated carbocycles. The molecule has 6 nitrogen and oxygen atoms in total. The summed E-state index contributed by atoms with van der Waals surface area (Å²) in [5.41, 5.74) is 0.948. The van der Waals surface area contributed by atoms with Gasteiger partial charge in [0, 0.05) is 24.3 Å². The molecule has 1 aliphatic heterocycles. The van der Waals surface area contributed by atoms with E-state index in [-0.39, 0.29) is 10.8 Å². The number of para-hydroxylation sites is 1. The minimum absolute atomic E-state index is 0.121. The number of amides is 1. The number of nitrogens with one attached hydrogen (secondary N) is 2. The van der Waals surface area contributed by atoms with E-state index in [1.807, 2.05) is 6.07 Å². The third-order valence-corrected chi connectivity index (χ3v) is 6.01. The van der Waals surface area contributed by atoms with E-state index >= 15 is 0 Å². The number of likely N-dealkylation sites (tertiary alicyclic amines) is 1. The second-order valence-electron chi connectivity index (χ2n) is 6.65. The molecule has 2 aromatic rings. The number of rotatable bonds is 7. The van der Waals surface area contributed by atoms with E-state index in [1.54, 1.807) is 24.3 Å². The maximum Gasteiger partial charge on any atom is 0.261 e. The Balaban J connectivity index is 1.55. The van der Waals surface area contributed by atoms with Crippen LogP contribution in [0.4, 0.5) is 5.69 Å². The number of sulfonamides is 1. The molecule has 1 amide bonds. The molecule has 0 aromatic heterocycles. The molecular formula is C20H25N3O3S. The van der Waals surface area contributed by atoms with Gasteiger partial charge in [-0.15, -0.1) is 0 Å². The number of benzene rings is 2. The van der Waals surface area contributed by atoms with Crippen LogP contribution in [-0.2, 0) is 10.0 Å². The molecule has 2 N–H and O–H groups in total. The SMILES string of the molecule is O=C(NCCN1CCCCC1)c1ccc(S(=O)(=O)Nc2ccccc2)cc1. The van der Waals surface area contributed by atoms with Gasteiger partial charge in [-0.1, -0.05) is 24.6 Å². The topological polar surface area (TPSA) is 78.5 Å². The highest BCUT2D eigenvalue weighted by Crippen LogP contribution is 2.16. The first kappa shape index (κ1) is 19.4. The van der Waals surface area contributed by atoms with Crippen LogP contribution in [0.2, 0.25) is 0 Å². The first-order valence-corrected chi connectivity index (χ1v) is 10.7. The van der Waals surface area contributed by atoms with Gasteiger partial charge >= 0.3 is 0 Å². The molecule has 0 aliphatic carbocycles. The number of hydrogen-bond donors (Lipinski definition) is 2. The fourth-order valence-electron chi connectivity index (χ4n) is 3.12. The predicted octanol–water partition coefficient (Wildman–Crippen LogP) is 2.70. The van der Waals surface area contributed by atoms with Gasteiger partial charge < -0.3 is 10.2 Å². The lowest BCUT2D eigenvalue weighted by Gasteiger charge is -2.26. The van der Waals surface area contributed by atoms with Crippen LogP contribution in [-0.4, -0.2) is 45.4 Å². The fraction of sp³-hybridized carbons (Fsp3) is 0.350. The maximum absolute atomic E-state index is 12.4. The number of carbonyl (C=O) groups excluding carboxylic acids is 1. The highest BCUT2D eigenvalue weighted by molar-refractivity contribution is 7.92. The number of piperidine rings is 1. The molecule has 0 unspecified atom stereocenters. The van der Waals surface area contributed by atoms with E-state index in [0.717, 1.165) is 19.6 Å². The Morgan fingerprint density at radius 3 is 2.26 bits per heavy atom. The number of anilines is 1. The molecule has 0 radical (unpaired) electrons. The molecule has 0 bridgehead atoms. The summed E-state index contributed by atoms with van der Waals surface area (Å²) in [6.07, 6.45) is 3.74. The second-order valence-corrected chi connectivity index (χ2v) is 8.34. The lowest BCUT2D eigenvalue weighted by molar-refractivity contribution is 0.0946. The summed E-state index contributed by atoms with van der Waals surface area (Å²) in [6, 6.07) is 14.7. The molecule has 7 heteroatoms. The molecule has 1 saturated heterocycles. The van der Waals surface area contributed by atoms with Crippen LogP contribution in [0.5, 0.6) is 0 Å². The normalized spacial score (nSPS) is 15.3. The van der Waals surface area contributed by atoms with Crippen molar-refractivity contribution in [3.05, 3.63) is 60.2 Å². The van der Waals surface area contributed by atoms with Crippen LogP contribution in [0.25, 0.3) is 0 Å². The minimum Gasteiger partial charge on any atom is -0.351 e. The Labute approximate surface area is 160 Å². The molecular weight excluding hydrogens is 362 g/mol. The molecule has 1 fully saturated rings. The van der Waals surface area contributed by atoms with Crippen molar-refractivity contribution in [2.45, 2.75) is 24.2 Å². The second kappa shape index (κ2) is 9.01. The van der Waals surface area contributed by atoms with E-state index in [2.05, 4.69) is 14.9 Å². The van der Waals surface area contributed by atoms with Crippen molar-refractivity contribution in [1.29, 1.82) is 0 Å². The summed E-state index contributed by atoms with van der Waals surface area (Å²) >= 11 is 0. The third kappa shape index (κ3) is 5.55. The fourth-order valence-corrected chi connectivity index (χ4v) is 4.18. The molecule has 144 valence electrons. The van der Waals surface area contributed by atoms with Gasteiger partial charge in [-0.3, -0.25) is 9.52 Å². The van der Waals surface area contributed by atoms with Crippen LogP contribution >= 0.6 is 0 Å². The van der Waals surface area contributed by atoms with Gasteiger partial charge in [0.1, 0.15) is 0 Å². The Morgan fingerprint density at radius 2 is 1.59 bits per heavy atom. The highest BCUT2D eigenvalue weighted by atomic mass is 32.2. The van der Waals surface area contributed by atoms with Crippen molar-refractivity contribution in [2.24, 2.45) is 0 Å². The molecule has 1 heterocycles. The van der Waals surface area contributed by atoms with Gasteiger partial charge in [-0.05, 0) is 62.3 Å². The zero-order valence-corrected chi connectivity index (χ0v) is 16.0. The molecule has 3 rings (SSSR count). The Bertz CT molecular complexity index is 846. The summed E-state index contributed by atoms with van der Waals surface area (Å²) in [7, 11) is -3.68. The van der Waals surface area contributed by atoms with Crippen molar-refractivity contribution in [1.82, 2.24) is 10.2 Å². The van der Waals surface area contributed by atoms with Crippen LogP contribution in [0, 0.1) is 0 Å². The van der Waals surface area contributed by atoms with E-state index < -0.39 is 10.0 Å². The summed E-state index contributed by atoms with van der Waals surface area (Å²) in [4.78, 5) is 14.7. The predicted molar refractivity (Wildman–Crippen MR) is 106 cm³/mol. The number of hydrogen-bond acceptors (Lipinski definition) is 4. The van der Waals surface area contributed by atoms with Crippen LogP contribution in [0.15, 0.2) is 59.5 Å². The van der Waals surface area contributed by atoms with Gasteiger partial charge in [0.25, 0.3) is 15.9 Å². The molecule has 0 spiro atoms. The zero-order chi connectivity index (χ0) is 19.1. The third-order valence-electron chi connectivity index (χ3n) is 4.62. The maximum atomic E-state index is 12.4. The summed E-state index contributed by atoms with van der Waals surface area (Å²) in [5.74, 6) is -0.188. The molecule has 27 heavy (non-hydrogen) atoms. The van der Waals surface area contributed by atoms with Crippen molar-refractivity contribution in [2.75, 3.05) is 30.9 Å². The summed E-state index contributed by atoms with van der Waals surface area (Å²) < 4.78 is 27.3. The van der Waals surface area contributed by atoms with E-state index in [0.29, 0.717) is 17.8 Å². The van der Waals surface area contributed by atoms with Gasteiger partial charge in [0.05, 0.1) is 4.90 Å². The van der Waals surface area contributed by atoms with Crippen molar-refractivity contribution >= 4 is 21.6 Å². The average molecular weight is 388 g/mol. The summed E-state index contributed by atoms with van der Waals surface area (Å²) in [5, 5.41) is 2.90. The van der Waals surface area contributed by atoms with Gasteiger partial charge in [0.2, 0.25) is 0 Å². The monoisotopic (exact) mass is 387 g/mol. The van der Waals surface area contributed by atoms with E-state index in [9.17, 15) is 13.2 Å². The van der Waals surface area contributed by atoms with E-state index in [1.165, 1.54) is 43.5 Å². The van der Waals surface area contributed by atoms with Gasteiger partial charge in [-0.25, -0.2) is 8.42 Å². The summed E-state index contributed by atoms with van der Waals surface area (Å²) in [6.45, 7) is 3.63. The van der Waals surface area contributed by atoms with Gasteiger partial charge in [-0.2, -0.15) is 0 Å². The first-order valence-electron chi connectivity index (χ1n) is 9.23. The van der Waals surface area contributed by atoms with Crippen molar-refractivity contribution < 1.29 is 13.2 Å². The van der Waals surface area contributed by atoms with E-state index in [4.69, 9.17) is 0 Å². The Morgan fingerprint density at radius 1 is 0.926 bits per heavy atom. The molecule has 0 atom stereocenters. The van der Waals surface area contributed by atoms with Crippen molar-refractivity contribution in [3.63, 3.8) is 0 Å². The Hall–Kier alpha value is -2.38. The van der Waals surface area contributed by atoms with Crippen LogP contribution < -0.4 is 10.0 Å². The smallest absolute Gasteiger partial charge is 0.261 e. The average Bonchev–Trinajstić information content (AvgIpc) is 2.69. The molecule has 1 aliphatic rings. The largest absolute Gasteiger partial charge is 0.351 e.